The third kappa shape index (κ3) is 2.70. The molecule has 1 fully saturated rings. The number of carbonyl (C=O) groups is 1. The van der Waals surface area contributed by atoms with Crippen molar-refractivity contribution in [3.8, 4) is 11.5 Å². The van der Waals surface area contributed by atoms with E-state index in [1.54, 1.807) is 18.4 Å². The van der Waals surface area contributed by atoms with Gasteiger partial charge in [-0.2, -0.15) is 5.10 Å². The summed E-state index contributed by atoms with van der Waals surface area (Å²) in [5, 5.41) is 7.09. The number of nitrogens with one attached hydrogen (secondary N) is 2. The topological polar surface area (TPSA) is 90.8 Å². The van der Waals surface area contributed by atoms with Crippen molar-refractivity contribution in [3.05, 3.63) is 59.2 Å². The maximum absolute atomic E-state index is 13.1. The zero-order valence-electron chi connectivity index (χ0n) is 15.8. The molecule has 28 heavy (non-hydrogen) atoms. The van der Waals surface area contributed by atoms with Crippen LogP contribution in [0.25, 0.3) is 22.5 Å². The number of nitrogens with zero attached hydrogens (tertiary/aromatic N) is 3. The monoisotopic (exact) mass is 375 g/mol. The number of hydrogen-bond donors (Lipinski definition) is 2. The minimum absolute atomic E-state index is 0.0655. The lowest BCUT2D eigenvalue weighted by Gasteiger charge is -2.22. The average Bonchev–Trinajstić information content (AvgIpc) is 3.45. The van der Waals surface area contributed by atoms with Gasteiger partial charge < -0.3 is 14.3 Å². The predicted octanol–water partition coefficient (Wildman–Crippen LogP) is 4.14. The SMILES string of the molecule is Cc1cc2nc([C@H]3CCCN3C(=O)c3cc(-c4ccco4)[nH]n3)[nH]c2cc1C. The number of likely N-dealkylation sites (tertiary alicyclic amines) is 1. The Kier molecular flexibility index (Phi) is 3.82. The van der Waals surface area contributed by atoms with Gasteiger partial charge in [0, 0.05) is 12.6 Å². The summed E-state index contributed by atoms with van der Waals surface area (Å²) in [6, 6.07) is 9.52. The van der Waals surface area contributed by atoms with Gasteiger partial charge in [-0.1, -0.05) is 0 Å². The van der Waals surface area contributed by atoms with Crippen molar-refractivity contribution >= 4 is 16.9 Å². The molecule has 4 heterocycles. The Bertz CT molecular complexity index is 1120. The Hall–Kier alpha value is -3.35. The van der Waals surface area contributed by atoms with Gasteiger partial charge in [0.2, 0.25) is 0 Å². The van der Waals surface area contributed by atoms with Gasteiger partial charge in [0.15, 0.2) is 11.5 Å². The molecular formula is C21H21N5O2. The Morgan fingerprint density at radius 1 is 1.25 bits per heavy atom. The number of benzene rings is 1. The highest BCUT2D eigenvalue weighted by atomic mass is 16.3. The van der Waals surface area contributed by atoms with Gasteiger partial charge in [-0.3, -0.25) is 9.89 Å². The molecule has 0 saturated carbocycles. The summed E-state index contributed by atoms with van der Waals surface area (Å²) in [5.74, 6) is 1.41. The quantitative estimate of drug-likeness (QED) is 0.563. The number of aryl methyl sites for hydroxylation is 2. The first-order valence-electron chi connectivity index (χ1n) is 9.47. The van der Waals surface area contributed by atoms with Crippen molar-refractivity contribution in [2.75, 3.05) is 6.54 Å². The van der Waals surface area contributed by atoms with Gasteiger partial charge in [-0.05, 0) is 62.1 Å². The molecule has 7 nitrogen and oxygen atoms in total. The molecule has 0 spiro atoms. The summed E-state index contributed by atoms with van der Waals surface area (Å²) in [7, 11) is 0. The summed E-state index contributed by atoms with van der Waals surface area (Å²) in [6.45, 7) is 4.87. The number of fused-ring (bicyclic) bond motifs is 1. The van der Waals surface area contributed by atoms with Gasteiger partial charge in [0.05, 0.1) is 23.3 Å². The second-order valence-electron chi connectivity index (χ2n) is 7.38. The lowest BCUT2D eigenvalue weighted by atomic mass is 10.1. The highest BCUT2D eigenvalue weighted by Gasteiger charge is 2.34. The molecule has 1 saturated heterocycles. The molecule has 0 radical (unpaired) electrons. The van der Waals surface area contributed by atoms with Crippen molar-refractivity contribution in [2.45, 2.75) is 32.7 Å². The largest absolute Gasteiger partial charge is 0.463 e. The zero-order valence-corrected chi connectivity index (χ0v) is 15.8. The van der Waals surface area contributed by atoms with Gasteiger partial charge in [-0.15, -0.1) is 0 Å². The molecule has 142 valence electrons. The second-order valence-corrected chi connectivity index (χ2v) is 7.38. The molecule has 5 rings (SSSR count). The number of hydrogen-bond acceptors (Lipinski definition) is 4. The number of aromatic amines is 2. The van der Waals surface area contributed by atoms with E-state index in [-0.39, 0.29) is 11.9 Å². The van der Waals surface area contributed by atoms with Crippen LogP contribution in [0.1, 0.15) is 46.3 Å². The minimum Gasteiger partial charge on any atom is -0.463 e. The van der Waals surface area contributed by atoms with E-state index >= 15 is 0 Å². The van der Waals surface area contributed by atoms with Gasteiger partial charge >= 0.3 is 0 Å². The average molecular weight is 375 g/mol. The van der Waals surface area contributed by atoms with E-state index in [1.807, 2.05) is 11.0 Å². The Morgan fingerprint density at radius 3 is 2.93 bits per heavy atom. The van der Waals surface area contributed by atoms with E-state index < -0.39 is 0 Å². The number of aromatic nitrogens is 4. The van der Waals surface area contributed by atoms with Crippen LogP contribution in [0.15, 0.2) is 41.0 Å². The first kappa shape index (κ1) is 16.8. The van der Waals surface area contributed by atoms with E-state index in [0.29, 0.717) is 23.7 Å². The number of furan rings is 1. The maximum Gasteiger partial charge on any atom is 0.274 e. The number of carbonyl (C=O) groups excluding carboxylic acids is 1. The molecule has 3 aromatic heterocycles. The van der Waals surface area contributed by atoms with Crippen LogP contribution < -0.4 is 0 Å². The molecule has 2 N–H and O–H groups in total. The van der Waals surface area contributed by atoms with Crippen molar-refractivity contribution in [3.63, 3.8) is 0 Å². The van der Waals surface area contributed by atoms with Gasteiger partial charge in [-0.25, -0.2) is 4.98 Å². The van der Waals surface area contributed by atoms with Gasteiger partial charge in [0.25, 0.3) is 5.91 Å². The fourth-order valence-corrected chi connectivity index (χ4v) is 3.88. The van der Waals surface area contributed by atoms with E-state index in [0.717, 1.165) is 29.7 Å². The standard InChI is InChI=1S/C21H21N5O2/c1-12-9-14-15(10-13(12)2)23-20(22-14)18-5-3-7-26(18)21(27)17-11-16(24-25-17)19-6-4-8-28-19/h4,6,8-11,18H,3,5,7H2,1-2H3,(H,22,23)(H,24,25)/t18-/m1/s1. The van der Waals surface area contributed by atoms with Crippen LogP contribution in [-0.2, 0) is 0 Å². The van der Waals surface area contributed by atoms with Crippen LogP contribution in [0.2, 0.25) is 0 Å². The summed E-state index contributed by atoms with van der Waals surface area (Å²) in [4.78, 5) is 23.2. The van der Waals surface area contributed by atoms with Crippen LogP contribution >= 0.6 is 0 Å². The molecule has 7 heteroatoms. The van der Waals surface area contributed by atoms with Crippen LogP contribution in [0.3, 0.4) is 0 Å². The highest BCUT2D eigenvalue weighted by molar-refractivity contribution is 5.93. The van der Waals surface area contributed by atoms with Crippen LogP contribution in [-0.4, -0.2) is 37.5 Å². The molecule has 0 aliphatic carbocycles. The van der Waals surface area contributed by atoms with Crippen LogP contribution in [0, 0.1) is 13.8 Å². The third-order valence-electron chi connectivity index (χ3n) is 5.53. The lowest BCUT2D eigenvalue weighted by molar-refractivity contribution is 0.0724. The molecule has 0 unspecified atom stereocenters. The lowest BCUT2D eigenvalue weighted by Crippen LogP contribution is -2.31. The summed E-state index contributed by atoms with van der Waals surface area (Å²) < 4.78 is 5.37. The molecule has 1 aromatic carbocycles. The third-order valence-corrected chi connectivity index (χ3v) is 5.53. The van der Waals surface area contributed by atoms with E-state index in [1.165, 1.54) is 11.1 Å². The molecule has 1 aliphatic heterocycles. The molecule has 1 atom stereocenters. The first-order valence-corrected chi connectivity index (χ1v) is 9.47. The Balaban J connectivity index is 1.44. The molecule has 0 bridgehead atoms. The second kappa shape index (κ2) is 6.37. The molecular weight excluding hydrogens is 354 g/mol. The first-order chi connectivity index (χ1) is 13.6. The van der Waals surface area contributed by atoms with Crippen molar-refractivity contribution < 1.29 is 9.21 Å². The predicted molar refractivity (Wildman–Crippen MR) is 105 cm³/mol. The Morgan fingerprint density at radius 2 is 2.11 bits per heavy atom. The highest BCUT2D eigenvalue weighted by Crippen LogP contribution is 2.33. The summed E-state index contributed by atoms with van der Waals surface area (Å²) >= 11 is 0. The molecule has 1 amide bonds. The van der Waals surface area contributed by atoms with Crippen LogP contribution in [0.5, 0.6) is 0 Å². The number of amides is 1. The fraction of sp³-hybridized carbons (Fsp3) is 0.286. The van der Waals surface area contributed by atoms with E-state index in [9.17, 15) is 4.79 Å². The van der Waals surface area contributed by atoms with E-state index in [4.69, 9.17) is 9.40 Å². The smallest absolute Gasteiger partial charge is 0.274 e. The van der Waals surface area contributed by atoms with Crippen LogP contribution in [0.4, 0.5) is 0 Å². The molecule has 4 aromatic rings. The number of H-pyrrole nitrogens is 2. The Labute approximate surface area is 161 Å². The van der Waals surface area contributed by atoms with Crippen molar-refractivity contribution in [2.24, 2.45) is 0 Å². The summed E-state index contributed by atoms with van der Waals surface area (Å²) in [6.07, 6.45) is 3.43. The number of rotatable bonds is 3. The van der Waals surface area contributed by atoms with Crippen molar-refractivity contribution in [1.82, 2.24) is 25.1 Å². The minimum atomic E-state index is -0.0932. The maximum atomic E-state index is 13.1. The molecule has 1 aliphatic rings. The van der Waals surface area contributed by atoms with Crippen molar-refractivity contribution in [1.29, 1.82) is 0 Å². The summed E-state index contributed by atoms with van der Waals surface area (Å²) in [5.41, 5.74) is 5.48. The zero-order chi connectivity index (χ0) is 19.3. The normalized spacial score (nSPS) is 16.9. The number of imidazole rings is 1. The fourth-order valence-electron chi connectivity index (χ4n) is 3.88. The van der Waals surface area contributed by atoms with E-state index in [2.05, 4.69) is 41.2 Å². The van der Waals surface area contributed by atoms with Gasteiger partial charge in [0.1, 0.15) is 11.5 Å².